The predicted octanol–water partition coefficient (Wildman–Crippen LogP) is 4.82. The minimum absolute atomic E-state index is 0.942. The first-order valence-electron chi connectivity index (χ1n) is 5.52. The summed E-state index contributed by atoms with van der Waals surface area (Å²) in [6.07, 6.45) is 0. The first-order chi connectivity index (χ1) is 8.25. The molecule has 17 heavy (non-hydrogen) atoms. The summed E-state index contributed by atoms with van der Waals surface area (Å²) in [5.74, 6) is 0. The summed E-state index contributed by atoms with van der Waals surface area (Å²) in [4.78, 5) is 1.37. The van der Waals surface area contributed by atoms with E-state index in [4.69, 9.17) is 0 Å². The Morgan fingerprint density at radius 1 is 1.24 bits per heavy atom. The van der Waals surface area contributed by atoms with Crippen LogP contribution in [0.25, 0.3) is 10.9 Å². The van der Waals surface area contributed by atoms with Crippen LogP contribution in [0.5, 0.6) is 0 Å². The second-order valence-corrected chi connectivity index (χ2v) is 5.98. The highest BCUT2D eigenvalue weighted by molar-refractivity contribution is 9.10. The predicted molar refractivity (Wildman–Crippen MR) is 77.8 cm³/mol. The van der Waals surface area contributed by atoms with Crippen LogP contribution in [-0.4, -0.2) is 4.57 Å². The molecule has 86 valence electrons. The Balaban J connectivity index is 2.11. The minimum atomic E-state index is 0.942. The second-order valence-electron chi connectivity index (χ2n) is 4.12. The molecule has 3 aromatic rings. The first kappa shape index (κ1) is 11.1. The number of benzene rings is 1. The number of hydrogen-bond acceptors (Lipinski definition) is 1. The van der Waals surface area contributed by atoms with Crippen molar-refractivity contribution in [1.82, 2.24) is 4.57 Å². The van der Waals surface area contributed by atoms with Crippen molar-refractivity contribution in [3.05, 3.63) is 56.8 Å². The van der Waals surface area contributed by atoms with E-state index in [2.05, 4.69) is 69.2 Å². The van der Waals surface area contributed by atoms with Crippen LogP contribution in [0.15, 0.2) is 46.3 Å². The summed E-state index contributed by atoms with van der Waals surface area (Å²) in [6.45, 7) is 3.11. The van der Waals surface area contributed by atoms with E-state index < -0.39 is 0 Å². The monoisotopic (exact) mass is 305 g/mol. The maximum Gasteiger partial charge on any atom is 0.0583 e. The van der Waals surface area contributed by atoms with E-state index in [1.807, 2.05) is 0 Å². The van der Waals surface area contributed by atoms with E-state index in [-0.39, 0.29) is 0 Å². The maximum absolute atomic E-state index is 3.60. The van der Waals surface area contributed by atoms with E-state index in [1.54, 1.807) is 11.3 Å². The van der Waals surface area contributed by atoms with Gasteiger partial charge in [-0.05, 0) is 51.8 Å². The zero-order valence-corrected chi connectivity index (χ0v) is 11.9. The lowest BCUT2D eigenvalue weighted by Crippen LogP contribution is -1.99. The zero-order valence-electron chi connectivity index (χ0n) is 9.48. The zero-order chi connectivity index (χ0) is 11.8. The molecule has 0 spiro atoms. The minimum Gasteiger partial charge on any atom is -0.340 e. The molecule has 0 amide bonds. The van der Waals surface area contributed by atoms with E-state index >= 15 is 0 Å². The van der Waals surface area contributed by atoms with Gasteiger partial charge in [-0.3, -0.25) is 0 Å². The molecular formula is C14H12BrNS. The molecule has 0 saturated heterocycles. The molecule has 0 saturated carbocycles. The number of thiophene rings is 1. The van der Waals surface area contributed by atoms with Crippen molar-refractivity contribution in [1.29, 1.82) is 0 Å². The average Bonchev–Trinajstić information content (AvgIpc) is 2.85. The van der Waals surface area contributed by atoms with Crippen LogP contribution in [0.2, 0.25) is 0 Å². The number of aromatic nitrogens is 1. The van der Waals surface area contributed by atoms with Crippen LogP contribution in [0.3, 0.4) is 0 Å². The number of halogens is 1. The van der Waals surface area contributed by atoms with Gasteiger partial charge in [0.1, 0.15) is 0 Å². The second kappa shape index (κ2) is 4.31. The molecule has 0 N–H and O–H groups in total. The Bertz CT molecular complexity index is 666. The number of rotatable bonds is 2. The normalized spacial score (nSPS) is 11.2. The molecule has 0 aliphatic heterocycles. The van der Waals surface area contributed by atoms with Gasteiger partial charge >= 0.3 is 0 Å². The van der Waals surface area contributed by atoms with Gasteiger partial charge in [0.25, 0.3) is 0 Å². The lowest BCUT2D eigenvalue weighted by molar-refractivity contribution is 0.815. The summed E-state index contributed by atoms with van der Waals surface area (Å²) in [5.41, 5.74) is 2.62. The van der Waals surface area contributed by atoms with Crippen LogP contribution in [-0.2, 0) is 6.54 Å². The van der Waals surface area contributed by atoms with Crippen molar-refractivity contribution in [2.45, 2.75) is 13.5 Å². The van der Waals surface area contributed by atoms with Gasteiger partial charge in [0, 0.05) is 20.6 Å². The van der Waals surface area contributed by atoms with E-state index in [0.29, 0.717) is 0 Å². The third-order valence-electron chi connectivity index (χ3n) is 3.01. The van der Waals surface area contributed by atoms with Gasteiger partial charge in [-0.25, -0.2) is 0 Å². The SMILES string of the molecule is Cc1cc2ccccc2n1Cc1sccc1Br. The molecule has 1 aromatic carbocycles. The van der Waals surface area contributed by atoms with Crippen LogP contribution in [0.4, 0.5) is 0 Å². The molecule has 3 heteroatoms. The molecule has 0 fully saturated rings. The van der Waals surface area contributed by atoms with E-state index in [1.165, 1.54) is 25.9 Å². The standard InChI is InChI=1S/C14H12BrNS/c1-10-8-11-4-2-3-5-13(11)16(10)9-14-12(15)6-7-17-14/h2-8H,9H2,1H3. The smallest absolute Gasteiger partial charge is 0.0583 e. The quantitative estimate of drug-likeness (QED) is 0.639. The van der Waals surface area contributed by atoms with Gasteiger partial charge in [-0.2, -0.15) is 0 Å². The lowest BCUT2D eigenvalue weighted by atomic mass is 10.2. The molecule has 0 aliphatic carbocycles. The number of aryl methyl sites for hydroxylation is 1. The van der Waals surface area contributed by atoms with Crippen LogP contribution in [0.1, 0.15) is 10.6 Å². The van der Waals surface area contributed by atoms with Crippen molar-refractivity contribution in [2.75, 3.05) is 0 Å². The molecular weight excluding hydrogens is 294 g/mol. The molecule has 0 unspecified atom stereocenters. The fourth-order valence-electron chi connectivity index (χ4n) is 2.14. The molecule has 0 aliphatic rings. The lowest BCUT2D eigenvalue weighted by Gasteiger charge is -2.07. The molecule has 0 atom stereocenters. The third kappa shape index (κ3) is 1.94. The molecule has 2 aromatic heterocycles. The van der Waals surface area contributed by atoms with Crippen molar-refractivity contribution >= 4 is 38.2 Å². The number of fused-ring (bicyclic) bond motifs is 1. The summed E-state index contributed by atoms with van der Waals surface area (Å²) < 4.78 is 3.58. The van der Waals surface area contributed by atoms with Crippen molar-refractivity contribution in [3.63, 3.8) is 0 Å². The molecule has 0 radical (unpaired) electrons. The van der Waals surface area contributed by atoms with Crippen molar-refractivity contribution < 1.29 is 0 Å². The first-order valence-corrected chi connectivity index (χ1v) is 7.20. The Hall–Kier alpha value is -1.06. The van der Waals surface area contributed by atoms with Gasteiger partial charge in [-0.15, -0.1) is 11.3 Å². The van der Waals surface area contributed by atoms with Gasteiger partial charge in [-0.1, -0.05) is 18.2 Å². The summed E-state index contributed by atoms with van der Waals surface area (Å²) in [6, 6.07) is 12.9. The van der Waals surface area contributed by atoms with E-state index in [9.17, 15) is 0 Å². The summed E-state index contributed by atoms with van der Waals surface area (Å²) in [5, 5.41) is 3.44. The van der Waals surface area contributed by atoms with Gasteiger partial charge in [0.05, 0.1) is 6.54 Å². The Labute approximate surface area is 113 Å². The van der Waals surface area contributed by atoms with Crippen molar-refractivity contribution in [2.24, 2.45) is 0 Å². The third-order valence-corrected chi connectivity index (χ3v) is 4.92. The fourth-order valence-corrected chi connectivity index (χ4v) is 3.61. The Morgan fingerprint density at radius 3 is 2.82 bits per heavy atom. The van der Waals surface area contributed by atoms with Crippen LogP contribution >= 0.6 is 27.3 Å². The number of nitrogens with zero attached hydrogens (tertiary/aromatic N) is 1. The fraction of sp³-hybridized carbons (Fsp3) is 0.143. The number of hydrogen-bond donors (Lipinski definition) is 0. The van der Waals surface area contributed by atoms with Crippen molar-refractivity contribution in [3.8, 4) is 0 Å². The summed E-state index contributed by atoms with van der Waals surface area (Å²) in [7, 11) is 0. The van der Waals surface area contributed by atoms with Crippen LogP contribution < -0.4 is 0 Å². The molecule has 3 rings (SSSR count). The molecule has 2 heterocycles. The average molecular weight is 306 g/mol. The van der Waals surface area contributed by atoms with Gasteiger partial charge < -0.3 is 4.57 Å². The highest BCUT2D eigenvalue weighted by atomic mass is 79.9. The topological polar surface area (TPSA) is 4.93 Å². The Morgan fingerprint density at radius 2 is 2.06 bits per heavy atom. The summed E-state index contributed by atoms with van der Waals surface area (Å²) >= 11 is 5.40. The highest BCUT2D eigenvalue weighted by Crippen LogP contribution is 2.27. The Kier molecular flexibility index (Phi) is 2.81. The largest absolute Gasteiger partial charge is 0.340 e. The number of para-hydroxylation sites is 1. The van der Waals surface area contributed by atoms with Crippen LogP contribution in [0, 0.1) is 6.92 Å². The molecule has 0 bridgehead atoms. The highest BCUT2D eigenvalue weighted by Gasteiger charge is 2.08. The van der Waals surface area contributed by atoms with E-state index in [0.717, 1.165) is 6.54 Å². The maximum atomic E-state index is 3.60. The molecule has 1 nitrogen and oxygen atoms in total. The van der Waals surface area contributed by atoms with Gasteiger partial charge in [0.15, 0.2) is 0 Å². The van der Waals surface area contributed by atoms with Gasteiger partial charge in [0.2, 0.25) is 0 Å².